The minimum atomic E-state index is 0.571. The number of hydrogen-bond acceptors (Lipinski definition) is 4. The molecule has 0 aromatic carbocycles. The van der Waals surface area contributed by atoms with Gasteiger partial charge in [0.15, 0.2) is 0 Å². The van der Waals surface area contributed by atoms with Gasteiger partial charge in [0.1, 0.15) is 18.3 Å². The summed E-state index contributed by atoms with van der Waals surface area (Å²) >= 11 is 0. The molecule has 4 heteroatoms. The molecule has 0 atom stereocenters. The summed E-state index contributed by atoms with van der Waals surface area (Å²) in [4.78, 5) is 8.61. The van der Waals surface area contributed by atoms with Crippen LogP contribution in [0, 0.1) is 0 Å². The van der Waals surface area contributed by atoms with Crippen LogP contribution < -0.4 is 10.6 Å². The van der Waals surface area contributed by atoms with E-state index in [-0.39, 0.29) is 0 Å². The molecule has 0 aliphatic carbocycles. The minimum absolute atomic E-state index is 0.571. The fraction of sp³-hybridized carbons (Fsp3) is 0.500. The lowest BCUT2D eigenvalue weighted by Crippen LogP contribution is -2.36. The number of amidine groups is 2. The maximum absolute atomic E-state index is 4.31. The Bertz CT molecular complexity index is 324. The average molecular weight is 162 g/mol. The number of aliphatic imine (C=N–C) groups is 2. The first-order chi connectivity index (χ1) is 5.95. The molecule has 0 aromatic rings. The number of nitrogens with one attached hydrogen (secondary N) is 2. The van der Waals surface area contributed by atoms with Crippen molar-refractivity contribution in [3.63, 3.8) is 0 Å². The van der Waals surface area contributed by atoms with Crippen LogP contribution in [0.5, 0.6) is 0 Å². The summed E-state index contributed by atoms with van der Waals surface area (Å²) in [7, 11) is 0. The largest absolute Gasteiger partial charge is 0.369 e. The molecule has 0 unspecified atom stereocenters. The predicted octanol–water partition coefficient (Wildman–Crippen LogP) is -0.352. The van der Waals surface area contributed by atoms with Gasteiger partial charge >= 0.3 is 0 Å². The van der Waals surface area contributed by atoms with E-state index in [1.165, 1.54) is 11.1 Å². The van der Waals surface area contributed by atoms with Gasteiger partial charge in [0, 0.05) is 13.1 Å². The van der Waals surface area contributed by atoms with Crippen LogP contribution in [0.15, 0.2) is 21.1 Å². The lowest BCUT2D eigenvalue weighted by Gasteiger charge is -2.19. The molecular formula is C8H10N4. The zero-order valence-electron chi connectivity index (χ0n) is 6.72. The van der Waals surface area contributed by atoms with E-state index in [0.717, 1.165) is 31.2 Å². The van der Waals surface area contributed by atoms with E-state index in [2.05, 4.69) is 20.6 Å². The molecule has 12 heavy (non-hydrogen) atoms. The van der Waals surface area contributed by atoms with E-state index in [9.17, 15) is 0 Å². The number of nitrogens with zero attached hydrogens (tertiary/aromatic N) is 2. The fourth-order valence-electron chi connectivity index (χ4n) is 1.89. The summed E-state index contributed by atoms with van der Waals surface area (Å²) in [6.07, 6.45) is 1.13. The van der Waals surface area contributed by atoms with Crippen LogP contribution in [-0.4, -0.2) is 31.4 Å². The van der Waals surface area contributed by atoms with E-state index < -0.39 is 0 Å². The second-order valence-corrected chi connectivity index (χ2v) is 3.16. The summed E-state index contributed by atoms with van der Waals surface area (Å²) in [5.41, 5.74) is 2.71. The lowest BCUT2D eigenvalue weighted by molar-refractivity contribution is 0.809. The Balaban J connectivity index is 2.16. The van der Waals surface area contributed by atoms with E-state index in [1.54, 1.807) is 0 Å². The third kappa shape index (κ3) is 0.668. The van der Waals surface area contributed by atoms with Crippen LogP contribution in [0.2, 0.25) is 0 Å². The minimum Gasteiger partial charge on any atom is -0.369 e. The van der Waals surface area contributed by atoms with Crippen molar-refractivity contribution >= 4 is 11.7 Å². The molecule has 0 saturated heterocycles. The van der Waals surface area contributed by atoms with Crippen molar-refractivity contribution in [2.45, 2.75) is 6.42 Å². The van der Waals surface area contributed by atoms with Crippen molar-refractivity contribution in [2.75, 3.05) is 19.8 Å². The van der Waals surface area contributed by atoms with Gasteiger partial charge in [-0.3, -0.25) is 0 Å². The molecule has 3 heterocycles. The van der Waals surface area contributed by atoms with Crippen molar-refractivity contribution in [3.05, 3.63) is 11.1 Å². The first-order valence-corrected chi connectivity index (χ1v) is 4.24. The van der Waals surface area contributed by atoms with Gasteiger partial charge in [-0.05, 0) is 12.0 Å². The Morgan fingerprint density at radius 2 is 1.92 bits per heavy atom. The molecule has 3 aliphatic heterocycles. The van der Waals surface area contributed by atoms with Crippen LogP contribution in [-0.2, 0) is 0 Å². The summed E-state index contributed by atoms with van der Waals surface area (Å²) < 4.78 is 0. The van der Waals surface area contributed by atoms with E-state index in [0.29, 0.717) is 6.67 Å². The Hall–Kier alpha value is -1.32. The normalized spacial score (nSPS) is 25.3. The molecule has 62 valence electrons. The van der Waals surface area contributed by atoms with Gasteiger partial charge in [0.25, 0.3) is 0 Å². The van der Waals surface area contributed by atoms with Crippen molar-refractivity contribution in [1.29, 1.82) is 0 Å². The smallest absolute Gasteiger partial charge is 0.134 e. The maximum atomic E-state index is 4.31. The zero-order chi connectivity index (χ0) is 7.97. The van der Waals surface area contributed by atoms with Gasteiger partial charge < -0.3 is 10.6 Å². The van der Waals surface area contributed by atoms with Crippen molar-refractivity contribution in [2.24, 2.45) is 9.98 Å². The van der Waals surface area contributed by atoms with Crippen LogP contribution in [0.25, 0.3) is 0 Å². The van der Waals surface area contributed by atoms with Gasteiger partial charge in [-0.25, -0.2) is 9.98 Å². The molecule has 0 spiro atoms. The molecule has 0 aromatic heterocycles. The Labute approximate surface area is 70.5 Å². The molecule has 3 aliphatic rings. The highest BCUT2D eigenvalue weighted by Crippen LogP contribution is 2.21. The summed E-state index contributed by atoms with van der Waals surface area (Å²) in [6.45, 7) is 2.56. The highest BCUT2D eigenvalue weighted by Gasteiger charge is 2.29. The fourth-order valence-corrected chi connectivity index (χ4v) is 1.89. The summed E-state index contributed by atoms with van der Waals surface area (Å²) in [6, 6.07) is 0. The molecular weight excluding hydrogens is 152 g/mol. The predicted molar refractivity (Wildman–Crippen MR) is 47.4 cm³/mol. The van der Waals surface area contributed by atoms with Gasteiger partial charge in [-0.2, -0.15) is 0 Å². The van der Waals surface area contributed by atoms with Crippen LogP contribution >= 0.6 is 0 Å². The quantitative estimate of drug-likeness (QED) is 0.511. The first-order valence-electron chi connectivity index (χ1n) is 4.24. The zero-order valence-corrected chi connectivity index (χ0v) is 6.72. The third-order valence-corrected chi connectivity index (χ3v) is 2.47. The van der Waals surface area contributed by atoms with Crippen molar-refractivity contribution in [3.8, 4) is 0 Å². The second kappa shape index (κ2) is 2.09. The standard InChI is InChI=1S/C8H10N4/c1-2-9-7-6-5(1)3-10-8(6)12-4-11-7/h1-4H2,(H,9,11)(H,10,12). The van der Waals surface area contributed by atoms with Gasteiger partial charge in [-0.15, -0.1) is 0 Å². The Morgan fingerprint density at radius 3 is 2.83 bits per heavy atom. The molecule has 0 bridgehead atoms. The molecule has 3 rings (SSSR count). The highest BCUT2D eigenvalue weighted by atomic mass is 15.1. The van der Waals surface area contributed by atoms with E-state index in [4.69, 9.17) is 0 Å². The molecule has 2 N–H and O–H groups in total. The average Bonchev–Trinajstić information content (AvgIpc) is 2.52. The van der Waals surface area contributed by atoms with Crippen LogP contribution in [0.4, 0.5) is 0 Å². The number of hydrogen-bond donors (Lipinski definition) is 2. The highest BCUT2D eigenvalue weighted by molar-refractivity contribution is 6.26. The Morgan fingerprint density at radius 1 is 1.08 bits per heavy atom. The first kappa shape index (κ1) is 6.22. The van der Waals surface area contributed by atoms with Crippen LogP contribution in [0.1, 0.15) is 6.42 Å². The number of rotatable bonds is 0. The van der Waals surface area contributed by atoms with Crippen molar-refractivity contribution < 1.29 is 0 Å². The van der Waals surface area contributed by atoms with Crippen molar-refractivity contribution in [1.82, 2.24) is 10.6 Å². The Kier molecular flexibility index (Phi) is 1.08. The molecule has 0 amide bonds. The maximum Gasteiger partial charge on any atom is 0.134 e. The molecule has 0 saturated carbocycles. The summed E-state index contributed by atoms with van der Waals surface area (Å²) in [5.74, 6) is 2.09. The van der Waals surface area contributed by atoms with E-state index >= 15 is 0 Å². The van der Waals surface area contributed by atoms with Gasteiger partial charge in [0.05, 0.1) is 5.57 Å². The molecule has 0 radical (unpaired) electrons. The van der Waals surface area contributed by atoms with Gasteiger partial charge in [0.2, 0.25) is 0 Å². The van der Waals surface area contributed by atoms with E-state index in [1.807, 2.05) is 0 Å². The van der Waals surface area contributed by atoms with Gasteiger partial charge in [-0.1, -0.05) is 0 Å². The molecule has 0 fully saturated rings. The molecule has 4 nitrogen and oxygen atoms in total. The SMILES string of the molecule is C1N=C2NCCC3=C2C(=N1)NC3. The topological polar surface area (TPSA) is 48.8 Å². The monoisotopic (exact) mass is 162 g/mol. The second-order valence-electron chi connectivity index (χ2n) is 3.16. The summed E-state index contributed by atoms with van der Waals surface area (Å²) in [5, 5.41) is 6.58. The third-order valence-electron chi connectivity index (χ3n) is 2.47. The van der Waals surface area contributed by atoms with Crippen LogP contribution in [0.3, 0.4) is 0 Å². The lowest BCUT2D eigenvalue weighted by atomic mass is 10.0.